The van der Waals surface area contributed by atoms with Gasteiger partial charge in [0.1, 0.15) is 6.54 Å². The van der Waals surface area contributed by atoms with E-state index in [1.54, 1.807) is 36.5 Å². The largest absolute Gasteiger partial charge is 0.280 e. The molecule has 0 N–H and O–H groups in total. The molecule has 33 heavy (non-hydrogen) atoms. The van der Waals surface area contributed by atoms with Gasteiger partial charge in [0.15, 0.2) is 5.13 Å². The van der Waals surface area contributed by atoms with Gasteiger partial charge in [-0.05, 0) is 61.4 Å². The number of aryl methyl sites for hydroxylation is 2. The van der Waals surface area contributed by atoms with Crippen molar-refractivity contribution in [3.05, 3.63) is 88.7 Å². The van der Waals surface area contributed by atoms with E-state index in [0.717, 1.165) is 26.2 Å². The molecule has 1 aliphatic heterocycles. The van der Waals surface area contributed by atoms with E-state index < -0.39 is 17.7 Å². The molecule has 0 bridgehead atoms. The first kappa shape index (κ1) is 21.0. The second-order valence-corrected chi connectivity index (χ2v) is 8.95. The number of rotatable bonds is 5. The highest BCUT2D eigenvalue weighted by atomic mass is 32.1. The maximum Gasteiger partial charge on any atom is 0.262 e. The third kappa shape index (κ3) is 3.78. The molecule has 0 saturated carbocycles. The fraction of sp³-hybridized carbons (Fsp3) is 0.160. The number of hydrogen-bond acceptors (Lipinski definition) is 6. The third-order valence-electron chi connectivity index (χ3n) is 5.74. The Labute approximate surface area is 194 Å². The molecule has 0 aliphatic carbocycles. The Morgan fingerprint density at radius 3 is 2.30 bits per heavy atom. The van der Waals surface area contributed by atoms with Crippen LogP contribution in [0.3, 0.4) is 0 Å². The lowest BCUT2D eigenvalue weighted by molar-refractivity contribution is -0.119. The van der Waals surface area contributed by atoms with E-state index in [9.17, 15) is 14.4 Å². The molecule has 0 fully saturated rings. The highest BCUT2D eigenvalue weighted by Gasteiger charge is 2.37. The van der Waals surface area contributed by atoms with E-state index >= 15 is 0 Å². The molecule has 0 unspecified atom stereocenters. The normalized spacial score (nSPS) is 13.0. The van der Waals surface area contributed by atoms with E-state index in [4.69, 9.17) is 4.98 Å². The van der Waals surface area contributed by atoms with Crippen LogP contribution in [0, 0.1) is 13.8 Å². The van der Waals surface area contributed by atoms with Gasteiger partial charge in [-0.1, -0.05) is 29.5 Å². The Morgan fingerprint density at radius 2 is 1.64 bits per heavy atom. The minimum absolute atomic E-state index is 0.181. The Hall–Kier alpha value is -3.91. The first-order chi connectivity index (χ1) is 15.9. The fourth-order valence-electron chi connectivity index (χ4n) is 3.80. The number of nitrogens with zero attached hydrogens (tertiary/aromatic N) is 4. The molecular weight excluding hydrogens is 436 g/mol. The van der Waals surface area contributed by atoms with Crippen molar-refractivity contribution in [3.8, 4) is 0 Å². The average Bonchev–Trinajstić information content (AvgIpc) is 3.32. The van der Waals surface area contributed by atoms with Gasteiger partial charge in [0.25, 0.3) is 11.8 Å². The van der Waals surface area contributed by atoms with Crippen molar-refractivity contribution in [2.75, 3.05) is 11.4 Å². The molecule has 0 spiro atoms. The summed E-state index contributed by atoms with van der Waals surface area (Å²) >= 11 is 1.40. The summed E-state index contributed by atoms with van der Waals surface area (Å²) < 4.78 is 0.965. The predicted octanol–water partition coefficient (Wildman–Crippen LogP) is 4.14. The van der Waals surface area contributed by atoms with Crippen LogP contribution in [0.15, 0.2) is 60.8 Å². The summed E-state index contributed by atoms with van der Waals surface area (Å²) in [6, 6.07) is 16.1. The van der Waals surface area contributed by atoms with Gasteiger partial charge in [-0.2, -0.15) is 0 Å². The molecule has 1 aliphatic rings. The first-order valence-corrected chi connectivity index (χ1v) is 11.3. The number of amides is 3. The van der Waals surface area contributed by atoms with Gasteiger partial charge in [-0.25, -0.2) is 4.98 Å². The van der Waals surface area contributed by atoms with Crippen LogP contribution in [0.4, 0.5) is 5.13 Å². The molecule has 3 heterocycles. The van der Waals surface area contributed by atoms with Crippen molar-refractivity contribution in [2.24, 2.45) is 0 Å². The molecule has 164 valence electrons. The quantitative estimate of drug-likeness (QED) is 0.422. The predicted molar refractivity (Wildman–Crippen MR) is 126 cm³/mol. The molecule has 5 rings (SSSR count). The number of fused-ring (bicyclic) bond motifs is 2. The van der Waals surface area contributed by atoms with Crippen LogP contribution in [0.1, 0.15) is 37.5 Å². The minimum atomic E-state index is -0.461. The maximum absolute atomic E-state index is 13.5. The number of aromatic nitrogens is 2. The topological polar surface area (TPSA) is 83.5 Å². The van der Waals surface area contributed by atoms with Crippen molar-refractivity contribution in [3.63, 3.8) is 0 Å². The maximum atomic E-state index is 13.5. The van der Waals surface area contributed by atoms with Crippen molar-refractivity contribution in [1.29, 1.82) is 0 Å². The summed E-state index contributed by atoms with van der Waals surface area (Å²) in [6.07, 6.45) is 1.66. The number of benzene rings is 2. The Bertz CT molecular complexity index is 1340. The van der Waals surface area contributed by atoms with E-state index in [0.29, 0.717) is 22.0 Å². The lowest BCUT2D eigenvalue weighted by Gasteiger charge is -2.22. The summed E-state index contributed by atoms with van der Waals surface area (Å²) in [5.41, 5.74) is 4.38. The zero-order valence-electron chi connectivity index (χ0n) is 18.1. The number of pyridine rings is 1. The van der Waals surface area contributed by atoms with Gasteiger partial charge < -0.3 is 0 Å². The molecule has 0 saturated heterocycles. The van der Waals surface area contributed by atoms with Crippen LogP contribution in [0.25, 0.3) is 10.2 Å². The number of hydrogen-bond donors (Lipinski definition) is 0. The summed E-state index contributed by atoms with van der Waals surface area (Å²) in [5, 5.41) is 0.502. The van der Waals surface area contributed by atoms with Crippen LogP contribution in [0.5, 0.6) is 0 Å². The smallest absolute Gasteiger partial charge is 0.262 e. The highest BCUT2D eigenvalue weighted by Crippen LogP contribution is 2.32. The molecule has 0 atom stereocenters. The van der Waals surface area contributed by atoms with Crippen LogP contribution in [0.2, 0.25) is 0 Å². The van der Waals surface area contributed by atoms with Crippen molar-refractivity contribution in [2.45, 2.75) is 20.4 Å². The van der Waals surface area contributed by atoms with Crippen LogP contribution >= 0.6 is 11.3 Å². The van der Waals surface area contributed by atoms with Gasteiger partial charge >= 0.3 is 0 Å². The van der Waals surface area contributed by atoms with Gasteiger partial charge in [0.05, 0.1) is 33.6 Å². The highest BCUT2D eigenvalue weighted by molar-refractivity contribution is 7.22. The number of anilines is 1. The SMILES string of the molecule is Cc1cc2nc(N(Cc3ccccn3)C(=O)CN3C(=O)c4ccccc4C3=O)sc2cc1C. The lowest BCUT2D eigenvalue weighted by atomic mass is 10.1. The fourth-order valence-corrected chi connectivity index (χ4v) is 4.86. The number of carbonyl (C=O) groups excluding carboxylic acids is 3. The van der Waals surface area contributed by atoms with Crippen molar-refractivity contribution < 1.29 is 14.4 Å². The zero-order valence-corrected chi connectivity index (χ0v) is 18.9. The van der Waals surface area contributed by atoms with Crippen LogP contribution in [-0.4, -0.2) is 39.1 Å². The zero-order chi connectivity index (χ0) is 23.1. The summed E-state index contributed by atoms with van der Waals surface area (Å²) in [5.74, 6) is -1.32. The van der Waals surface area contributed by atoms with Gasteiger partial charge in [0, 0.05) is 6.20 Å². The van der Waals surface area contributed by atoms with E-state index in [1.807, 2.05) is 32.0 Å². The molecule has 4 aromatic rings. The van der Waals surface area contributed by atoms with Gasteiger partial charge in [-0.3, -0.25) is 29.2 Å². The molecule has 3 amide bonds. The molecular formula is C25H20N4O3S. The van der Waals surface area contributed by atoms with Gasteiger partial charge in [-0.15, -0.1) is 0 Å². The van der Waals surface area contributed by atoms with E-state index in [-0.39, 0.29) is 13.1 Å². The molecule has 2 aromatic heterocycles. The molecule has 8 heteroatoms. The minimum Gasteiger partial charge on any atom is -0.280 e. The number of imide groups is 1. The van der Waals surface area contributed by atoms with Crippen LogP contribution in [-0.2, 0) is 11.3 Å². The first-order valence-electron chi connectivity index (χ1n) is 10.5. The van der Waals surface area contributed by atoms with Crippen LogP contribution < -0.4 is 4.90 Å². The van der Waals surface area contributed by atoms with Crippen molar-refractivity contribution in [1.82, 2.24) is 14.9 Å². The Morgan fingerprint density at radius 1 is 0.970 bits per heavy atom. The second kappa shape index (κ2) is 8.22. The summed E-state index contributed by atoms with van der Waals surface area (Å²) in [7, 11) is 0. The average molecular weight is 457 g/mol. The van der Waals surface area contributed by atoms with E-state index in [2.05, 4.69) is 11.1 Å². The number of carbonyl (C=O) groups is 3. The van der Waals surface area contributed by atoms with E-state index in [1.165, 1.54) is 16.2 Å². The lowest BCUT2D eigenvalue weighted by Crippen LogP contribution is -2.42. The Kier molecular flexibility index (Phi) is 5.22. The summed E-state index contributed by atoms with van der Waals surface area (Å²) in [6.45, 7) is 3.87. The third-order valence-corrected chi connectivity index (χ3v) is 6.78. The monoisotopic (exact) mass is 456 g/mol. The van der Waals surface area contributed by atoms with Gasteiger partial charge in [0.2, 0.25) is 5.91 Å². The number of thiazole rings is 1. The summed E-state index contributed by atoms with van der Waals surface area (Å²) in [4.78, 5) is 50.6. The Balaban J connectivity index is 1.49. The molecule has 0 radical (unpaired) electrons. The second-order valence-electron chi connectivity index (χ2n) is 7.94. The standard InChI is InChI=1S/C25H20N4O3S/c1-15-11-20-21(12-16(15)2)33-25(27-20)28(13-17-7-5-6-10-26-17)22(30)14-29-23(31)18-8-3-4-9-19(18)24(29)32/h3-12H,13-14H2,1-2H3. The van der Waals surface area contributed by atoms with Crippen molar-refractivity contribution >= 4 is 44.4 Å². The molecule has 2 aromatic carbocycles. The molecule has 7 nitrogen and oxygen atoms in total.